The molecule has 0 saturated heterocycles. The number of benzene rings is 1. The summed E-state index contributed by atoms with van der Waals surface area (Å²) in [5.41, 5.74) is 0.868. The summed E-state index contributed by atoms with van der Waals surface area (Å²) in [6.07, 6.45) is 8.02. The Balaban J connectivity index is 1.71. The van der Waals surface area contributed by atoms with E-state index in [9.17, 15) is 9.59 Å². The Hall–Kier alpha value is -1.81. The number of aliphatic carboxylic acids is 1. The molecule has 23 heavy (non-hydrogen) atoms. The van der Waals surface area contributed by atoms with E-state index in [1.807, 2.05) is 24.3 Å². The third kappa shape index (κ3) is 3.42. The molecule has 4 nitrogen and oxygen atoms in total. The molecule has 0 aromatic heterocycles. The van der Waals surface area contributed by atoms with Crippen LogP contribution in [-0.2, 0) is 16.0 Å². The fraction of sp³-hybridized carbons (Fsp3) is 0.444. The van der Waals surface area contributed by atoms with E-state index in [4.69, 9.17) is 16.7 Å². The second-order valence-corrected chi connectivity index (χ2v) is 6.99. The second kappa shape index (κ2) is 6.36. The van der Waals surface area contributed by atoms with Crippen molar-refractivity contribution >= 4 is 23.5 Å². The van der Waals surface area contributed by atoms with Gasteiger partial charge in [-0.1, -0.05) is 48.7 Å². The summed E-state index contributed by atoms with van der Waals surface area (Å²) in [7, 11) is 0. The fourth-order valence-electron chi connectivity index (χ4n) is 3.56. The molecule has 5 heteroatoms. The molecule has 0 radical (unpaired) electrons. The van der Waals surface area contributed by atoms with Gasteiger partial charge >= 0.3 is 5.97 Å². The monoisotopic (exact) mass is 333 g/mol. The van der Waals surface area contributed by atoms with Crippen molar-refractivity contribution in [3.63, 3.8) is 0 Å². The highest BCUT2D eigenvalue weighted by Crippen LogP contribution is 2.35. The molecule has 0 unspecified atom stereocenters. The van der Waals surface area contributed by atoms with Crippen LogP contribution in [-0.4, -0.2) is 22.5 Å². The normalized spacial score (nSPS) is 24.9. The topological polar surface area (TPSA) is 66.4 Å². The Morgan fingerprint density at radius 3 is 2.26 bits per heavy atom. The number of carboxylic acid groups (broad SMARTS) is 1. The summed E-state index contributed by atoms with van der Waals surface area (Å²) in [5, 5.41) is 12.9. The Morgan fingerprint density at radius 2 is 1.74 bits per heavy atom. The zero-order valence-electron chi connectivity index (χ0n) is 12.8. The van der Waals surface area contributed by atoms with Gasteiger partial charge in [0, 0.05) is 10.6 Å². The molecular weight excluding hydrogens is 314 g/mol. The number of hydrogen-bond donors (Lipinski definition) is 2. The highest BCUT2D eigenvalue weighted by molar-refractivity contribution is 6.30. The number of carbonyl (C=O) groups is 2. The molecule has 0 spiro atoms. The Bertz CT molecular complexity index is 632. The van der Waals surface area contributed by atoms with Gasteiger partial charge in [0.05, 0.1) is 11.8 Å². The Labute approximate surface area is 140 Å². The summed E-state index contributed by atoms with van der Waals surface area (Å²) in [4.78, 5) is 23.6. The second-order valence-electron chi connectivity index (χ2n) is 6.55. The van der Waals surface area contributed by atoms with Gasteiger partial charge in [-0.3, -0.25) is 9.59 Å². The lowest BCUT2D eigenvalue weighted by Crippen LogP contribution is -2.52. The largest absolute Gasteiger partial charge is 0.481 e. The van der Waals surface area contributed by atoms with Crippen LogP contribution in [0.1, 0.15) is 31.2 Å². The molecule has 2 aliphatic carbocycles. The first-order chi connectivity index (χ1) is 11.0. The minimum Gasteiger partial charge on any atom is -0.481 e. The van der Waals surface area contributed by atoms with E-state index in [1.165, 1.54) is 0 Å². The van der Waals surface area contributed by atoms with Crippen molar-refractivity contribution in [2.75, 3.05) is 0 Å². The molecule has 0 aliphatic heterocycles. The third-order valence-corrected chi connectivity index (χ3v) is 5.16. The van der Waals surface area contributed by atoms with E-state index >= 15 is 0 Å². The third-order valence-electron chi connectivity index (χ3n) is 4.91. The summed E-state index contributed by atoms with van der Waals surface area (Å²) >= 11 is 5.93. The molecule has 1 amide bonds. The van der Waals surface area contributed by atoms with Gasteiger partial charge in [-0.2, -0.15) is 0 Å². The molecule has 2 N–H and O–H groups in total. The van der Waals surface area contributed by atoms with Crippen molar-refractivity contribution in [3.05, 3.63) is 47.0 Å². The van der Waals surface area contributed by atoms with Gasteiger partial charge in [0.1, 0.15) is 0 Å². The summed E-state index contributed by atoms with van der Waals surface area (Å²) < 4.78 is 0. The number of carbonyl (C=O) groups excluding carboxylic acids is 1. The lowest BCUT2D eigenvalue weighted by atomic mass is 9.80. The maximum absolute atomic E-state index is 12.5. The first kappa shape index (κ1) is 16.1. The van der Waals surface area contributed by atoms with Crippen molar-refractivity contribution in [2.45, 2.75) is 37.6 Å². The van der Waals surface area contributed by atoms with Gasteiger partial charge in [-0.25, -0.2) is 0 Å². The molecule has 122 valence electrons. The van der Waals surface area contributed by atoms with E-state index in [0.717, 1.165) is 37.7 Å². The van der Waals surface area contributed by atoms with Crippen LogP contribution >= 0.6 is 11.6 Å². The molecule has 0 heterocycles. The Morgan fingerprint density at radius 1 is 1.13 bits per heavy atom. The van der Waals surface area contributed by atoms with Gasteiger partial charge in [0.25, 0.3) is 0 Å². The van der Waals surface area contributed by atoms with E-state index in [0.29, 0.717) is 5.02 Å². The molecule has 2 aliphatic rings. The van der Waals surface area contributed by atoms with Crippen molar-refractivity contribution in [2.24, 2.45) is 11.8 Å². The highest BCUT2D eigenvalue weighted by atomic mass is 35.5. The van der Waals surface area contributed by atoms with Crippen LogP contribution in [0.15, 0.2) is 36.4 Å². The smallest absolute Gasteiger partial charge is 0.311 e. The molecule has 1 aromatic rings. The van der Waals surface area contributed by atoms with Gasteiger partial charge in [0.15, 0.2) is 0 Å². The quantitative estimate of drug-likeness (QED) is 0.813. The number of halogens is 1. The van der Waals surface area contributed by atoms with E-state index in [2.05, 4.69) is 5.32 Å². The first-order valence-corrected chi connectivity index (χ1v) is 8.35. The number of hydrogen-bond acceptors (Lipinski definition) is 2. The van der Waals surface area contributed by atoms with Gasteiger partial charge < -0.3 is 10.4 Å². The summed E-state index contributed by atoms with van der Waals surface area (Å²) in [5.74, 6) is -2.35. The van der Waals surface area contributed by atoms with Crippen molar-refractivity contribution in [1.82, 2.24) is 5.32 Å². The maximum Gasteiger partial charge on any atom is 0.311 e. The lowest BCUT2D eigenvalue weighted by Gasteiger charge is -2.34. The van der Waals surface area contributed by atoms with Crippen LogP contribution in [0.5, 0.6) is 0 Å². The van der Waals surface area contributed by atoms with Crippen molar-refractivity contribution < 1.29 is 14.7 Å². The van der Waals surface area contributed by atoms with Crippen LogP contribution < -0.4 is 5.32 Å². The predicted molar refractivity (Wildman–Crippen MR) is 88.3 cm³/mol. The van der Waals surface area contributed by atoms with E-state index in [-0.39, 0.29) is 11.4 Å². The molecule has 1 aromatic carbocycles. The van der Waals surface area contributed by atoms with Crippen LogP contribution in [0, 0.1) is 11.8 Å². The van der Waals surface area contributed by atoms with Gasteiger partial charge in [-0.15, -0.1) is 0 Å². The average Bonchev–Trinajstić information content (AvgIpc) is 2.87. The summed E-state index contributed by atoms with van der Waals surface area (Å²) in [6.45, 7) is 0. The SMILES string of the molecule is O=C(NC1(Cc2ccc(Cl)cc2)CCCC1)[C@H]1C=C[C@H]1C(=O)O. The predicted octanol–water partition coefficient (Wildman–Crippen LogP) is 3.20. The molecule has 1 fully saturated rings. The highest BCUT2D eigenvalue weighted by Gasteiger charge is 2.41. The molecule has 1 saturated carbocycles. The standard InChI is InChI=1S/C18H20ClNO3/c19-13-5-3-12(4-6-13)11-18(9-1-2-10-18)20-16(21)14-7-8-15(14)17(22)23/h3-8,14-15H,1-2,9-11H2,(H,20,21)(H,22,23)/t14-,15+/m0/s1. The summed E-state index contributed by atoms with van der Waals surface area (Å²) in [6, 6.07) is 7.68. The van der Waals surface area contributed by atoms with Crippen LogP contribution in [0.4, 0.5) is 0 Å². The van der Waals surface area contributed by atoms with E-state index < -0.39 is 17.8 Å². The maximum atomic E-state index is 12.5. The minimum atomic E-state index is -0.939. The van der Waals surface area contributed by atoms with Crippen molar-refractivity contribution in [1.29, 1.82) is 0 Å². The number of amides is 1. The molecule has 0 bridgehead atoms. The molecule has 2 atom stereocenters. The van der Waals surface area contributed by atoms with Gasteiger partial charge in [0.2, 0.25) is 5.91 Å². The fourth-order valence-corrected chi connectivity index (χ4v) is 3.68. The van der Waals surface area contributed by atoms with E-state index in [1.54, 1.807) is 12.2 Å². The number of rotatable bonds is 5. The zero-order chi connectivity index (χ0) is 16.4. The van der Waals surface area contributed by atoms with Gasteiger partial charge in [-0.05, 0) is 37.0 Å². The molecule has 3 rings (SSSR count). The van der Waals surface area contributed by atoms with Crippen LogP contribution in [0.25, 0.3) is 0 Å². The first-order valence-electron chi connectivity index (χ1n) is 7.97. The minimum absolute atomic E-state index is 0.171. The average molecular weight is 334 g/mol. The van der Waals surface area contributed by atoms with Crippen LogP contribution in [0.3, 0.4) is 0 Å². The number of nitrogens with one attached hydrogen (secondary N) is 1. The van der Waals surface area contributed by atoms with Crippen molar-refractivity contribution in [3.8, 4) is 0 Å². The zero-order valence-corrected chi connectivity index (χ0v) is 13.6. The number of carboxylic acids is 1. The molecular formula is C18H20ClNO3. The van der Waals surface area contributed by atoms with Crippen LogP contribution in [0.2, 0.25) is 5.02 Å². The Kier molecular flexibility index (Phi) is 4.44. The lowest BCUT2D eigenvalue weighted by molar-refractivity contribution is -0.145.